The van der Waals surface area contributed by atoms with Crippen LogP contribution in [0.25, 0.3) is 6.08 Å². The third-order valence-corrected chi connectivity index (χ3v) is 4.58. The maximum atomic E-state index is 12.9. The highest BCUT2D eigenvalue weighted by molar-refractivity contribution is 14.1. The Labute approximate surface area is 162 Å². The van der Waals surface area contributed by atoms with Gasteiger partial charge in [0, 0.05) is 9.26 Å². The zero-order chi connectivity index (χ0) is 18.7. The summed E-state index contributed by atoms with van der Waals surface area (Å²) in [5, 5.41) is 4.98. The summed E-state index contributed by atoms with van der Waals surface area (Å²) in [4.78, 5) is 37.3. The van der Waals surface area contributed by atoms with Crippen molar-refractivity contribution in [2.24, 2.45) is 0 Å². The zero-order valence-corrected chi connectivity index (χ0v) is 15.5. The van der Waals surface area contributed by atoms with Gasteiger partial charge in [-0.15, -0.1) is 0 Å². The Morgan fingerprint density at radius 3 is 2.54 bits per heavy atom. The summed E-state index contributed by atoms with van der Waals surface area (Å²) in [6, 6.07) is 11.9. The Hall–Kier alpha value is -2.75. The molecule has 26 heavy (non-hydrogen) atoms. The molecule has 2 N–H and O–H groups in total. The van der Waals surface area contributed by atoms with E-state index in [-0.39, 0.29) is 5.70 Å². The molecule has 0 atom stereocenters. The van der Waals surface area contributed by atoms with Gasteiger partial charge in [0.25, 0.3) is 5.91 Å². The second kappa shape index (κ2) is 7.65. The number of carbonyl (C=O) groups excluding carboxylic acids is 3. The fourth-order valence-electron chi connectivity index (χ4n) is 2.34. The first-order valence-electron chi connectivity index (χ1n) is 7.58. The standard InChI is InChI=1S/C18H13FIN3O3/c19-12-5-7-13(8-6-12)21-16(24)10-23-17(25)15(22-18(23)26)9-11-3-1-2-4-14(11)20/h1-9H,10H2,(H,21,24)(H,22,26)/b15-9-. The van der Waals surface area contributed by atoms with Gasteiger partial charge in [-0.1, -0.05) is 18.2 Å². The van der Waals surface area contributed by atoms with E-state index in [2.05, 4.69) is 33.2 Å². The SMILES string of the molecule is O=C(CN1C(=O)N/C(=C\c2ccccc2I)C1=O)Nc1ccc(F)cc1. The highest BCUT2D eigenvalue weighted by Gasteiger charge is 2.35. The summed E-state index contributed by atoms with van der Waals surface area (Å²) in [6.07, 6.45) is 1.57. The van der Waals surface area contributed by atoms with Crippen LogP contribution in [-0.2, 0) is 9.59 Å². The second-order valence-corrected chi connectivity index (χ2v) is 6.62. The van der Waals surface area contributed by atoms with E-state index in [4.69, 9.17) is 0 Å². The zero-order valence-electron chi connectivity index (χ0n) is 13.3. The molecule has 0 radical (unpaired) electrons. The lowest BCUT2D eigenvalue weighted by molar-refractivity contribution is -0.127. The molecule has 0 spiro atoms. The van der Waals surface area contributed by atoms with Gasteiger partial charge in [-0.3, -0.25) is 9.59 Å². The van der Waals surface area contributed by atoms with Gasteiger partial charge in [0.2, 0.25) is 5.91 Å². The minimum absolute atomic E-state index is 0.105. The normalized spacial score (nSPS) is 15.3. The third kappa shape index (κ3) is 4.07. The number of nitrogens with one attached hydrogen (secondary N) is 2. The number of carbonyl (C=O) groups is 3. The van der Waals surface area contributed by atoms with E-state index in [9.17, 15) is 18.8 Å². The largest absolute Gasteiger partial charge is 0.329 e. The van der Waals surface area contributed by atoms with E-state index >= 15 is 0 Å². The molecule has 0 unspecified atom stereocenters. The van der Waals surface area contributed by atoms with Crippen molar-refractivity contribution in [2.75, 3.05) is 11.9 Å². The van der Waals surface area contributed by atoms with Crippen molar-refractivity contribution in [3.05, 3.63) is 69.2 Å². The molecule has 2 aromatic carbocycles. The Bertz CT molecular complexity index is 912. The van der Waals surface area contributed by atoms with Gasteiger partial charge >= 0.3 is 6.03 Å². The summed E-state index contributed by atoms with van der Waals surface area (Å²) in [6.45, 7) is -0.439. The molecule has 3 rings (SSSR count). The quantitative estimate of drug-likeness (QED) is 0.414. The number of amides is 4. The molecule has 4 amide bonds. The number of urea groups is 1. The van der Waals surface area contributed by atoms with E-state index in [1.807, 2.05) is 24.3 Å². The molecule has 1 fully saturated rings. The van der Waals surface area contributed by atoms with Crippen LogP contribution in [-0.4, -0.2) is 29.3 Å². The summed E-state index contributed by atoms with van der Waals surface area (Å²) < 4.78 is 13.8. The van der Waals surface area contributed by atoms with Crippen LogP contribution >= 0.6 is 22.6 Å². The van der Waals surface area contributed by atoms with Gasteiger partial charge in [0.15, 0.2) is 0 Å². The van der Waals surface area contributed by atoms with Crippen LogP contribution in [0.15, 0.2) is 54.2 Å². The molecule has 6 nitrogen and oxygen atoms in total. The van der Waals surface area contributed by atoms with Crippen LogP contribution in [0.1, 0.15) is 5.56 Å². The molecule has 0 saturated carbocycles. The Morgan fingerprint density at radius 2 is 1.85 bits per heavy atom. The Balaban J connectivity index is 1.70. The minimum Gasteiger partial charge on any atom is -0.325 e. The van der Waals surface area contributed by atoms with Gasteiger partial charge < -0.3 is 10.6 Å². The number of rotatable bonds is 4. The van der Waals surface area contributed by atoms with Gasteiger partial charge in [0.1, 0.15) is 18.1 Å². The van der Waals surface area contributed by atoms with E-state index in [0.717, 1.165) is 14.0 Å². The van der Waals surface area contributed by atoms with Gasteiger partial charge in [0.05, 0.1) is 0 Å². The number of imide groups is 1. The topological polar surface area (TPSA) is 78.5 Å². The van der Waals surface area contributed by atoms with Crippen LogP contribution in [0.2, 0.25) is 0 Å². The van der Waals surface area contributed by atoms with Gasteiger partial charge in [-0.25, -0.2) is 14.1 Å². The number of hydrogen-bond donors (Lipinski definition) is 2. The average molecular weight is 465 g/mol. The maximum absolute atomic E-state index is 12.9. The fourth-order valence-corrected chi connectivity index (χ4v) is 2.88. The van der Waals surface area contributed by atoms with Crippen LogP contribution in [0.3, 0.4) is 0 Å². The van der Waals surface area contributed by atoms with Crippen molar-refractivity contribution in [1.29, 1.82) is 0 Å². The van der Waals surface area contributed by atoms with Crippen molar-refractivity contribution < 1.29 is 18.8 Å². The number of hydrogen-bond acceptors (Lipinski definition) is 3. The van der Waals surface area contributed by atoms with Crippen molar-refractivity contribution in [1.82, 2.24) is 10.2 Å². The molecule has 1 aliphatic rings. The second-order valence-electron chi connectivity index (χ2n) is 5.46. The molecule has 132 valence electrons. The fraction of sp³-hybridized carbons (Fsp3) is 0.0556. The minimum atomic E-state index is -0.665. The molecule has 8 heteroatoms. The Kier molecular flexibility index (Phi) is 5.31. The highest BCUT2D eigenvalue weighted by Crippen LogP contribution is 2.18. The monoisotopic (exact) mass is 465 g/mol. The van der Waals surface area contributed by atoms with Crippen molar-refractivity contribution in [3.63, 3.8) is 0 Å². The number of nitrogens with zero attached hydrogens (tertiary/aromatic N) is 1. The lowest BCUT2D eigenvalue weighted by Crippen LogP contribution is -2.38. The van der Waals surface area contributed by atoms with E-state index in [1.165, 1.54) is 24.3 Å². The van der Waals surface area contributed by atoms with Crippen molar-refractivity contribution >= 4 is 52.2 Å². The van der Waals surface area contributed by atoms with E-state index in [1.54, 1.807) is 6.08 Å². The molecule has 0 aromatic heterocycles. The summed E-state index contributed by atoms with van der Waals surface area (Å²) in [5.41, 5.74) is 1.26. The first-order valence-corrected chi connectivity index (χ1v) is 8.66. The van der Waals surface area contributed by atoms with Crippen molar-refractivity contribution in [2.45, 2.75) is 0 Å². The molecule has 1 aliphatic heterocycles. The maximum Gasteiger partial charge on any atom is 0.329 e. The first kappa shape index (κ1) is 18.1. The Morgan fingerprint density at radius 1 is 1.15 bits per heavy atom. The number of halogens is 2. The van der Waals surface area contributed by atoms with Crippen LogP contribution in [0, 0.1) is 9.39 Å². The molecule has 0 aliphatic carbocycles. The summed E-state index contributed by atoms with van der Waals surface area (Å²) in [7, 11) is 0. The lowest BCUT2D eigenvalue weighted by Gasteiger charge is -2.11. The highest BCUT2D eigenvalue weighted by atomic mass is 127. The van der Waals surface area contributed by atoms with Gasteiger partial charge in [-0.2, -0.15) is 0 Å². The smallest absolute Gasteiger partial charge is 0.325 e. The molecule has 1 heterocycles. The van der Waals surface area contributed by atoms with E-state index in [0.29, 0.717) is 5.69 Å². The van der Waals surface area contributed by atoms with E-state index < -0.39 is 30.2 Å². The molecule has 0 bridgehead atoms. The van der Waals surface area contributed by atoms with Gasteiger partial charge in [-0.05, 0) is 64.6 Å². The number of anilines is 1. The average Bonchev–Trinajstić information content (AvgIpc) is 2.86. The molecule has 1 saturated heterocycles. The van der Waals surface area contributed by atoms with Crippen LogP contribution in [0.4, 0.5) is 14.9 Å². The van der Waals surface area contributed by atoms with Crippen LogP contribution < -0.4 is 10.6 Å². The van der Waals surface area contributed by atoms with Crippen molar-refractivity contribution in [3.8, 4) is 0 Å². The number of benzene rings is 2. The lowest BCUT2D eigenvalue weighted by atomic mass is 10.2. The molecular formula is C18H13FIN3O3. The summed E-state index contributed by atoms with van der Waals surface area (Å²) >= 11 is 2.13. The first-order chi connectivity index (χ1) is 12.4. The predicted molar refractivity (Wildman–Crippen MR) is 102 cm³/mol. The third-order valence-electron chi connectivity index (χ3n) is 3.60. The van der Waals surface area contributed by atoms with Crippen LogP contribution in [0.5, 0.6) is 0 Å². The predicted octanol–water partition coefficient (Wildman–Crippen LogP) is 2.96. The summed E-state index contributed by atoms with van der Waals surface area (Å²) in [5.74, 6) is -1.57. The molecule has 2 aromatic rings. The molecular weight excluding hydrogens is 452 g/mol.